The molecule has 44 heavy (non-hydrogen) atoms. The van der Waals surface area contributed by atoms with E-state index in [1.165, 1.54) is 0 Å². The standard InChI is InChI=1S/C33H31ClN6O4/c34-24-10-6-21(7-11-24)16-29(32(35)41)39-33(42)27-3-1-2-26-28(13-15-43-31(26)27)37-18-25-17-36-20-40(25)19-22-4-8-23(9-5-22)30-12-14-38-44-30/h1-12,14,17,20,28-29,37H,13,15-16,18-19H2,(H2,35,41)(H,39,42)/t28?,29-/m0/s1. The van der Waals surface area contributed by atoms with Crippen molar-refractivity contribution in [1.29, 1.82) is 0 Å². The first-order chi connectivity index (χ1) is 21.4. The summed E-state index contributed by atoms with van der Waals surface area (Å²) in [6, 6.07) is 21.6. The van der Waals surface area contributed by atoms with E-state index in [9.17, 15) is 9.59 Å². The van der Waals surface area contributed by atoms with E-state index in [1.54, 1.807) is 36.5 Å². The van der Waals surface area contributed by atoms with Gasteiger partial charge in [0.15, 0.2) is 5.76 Å². The second-order valence-corrected chi connectivity index (χ2v) is 11.1. The summed E-state index contributed by atoms with van der Waals surface area (Å²) < 4.78 is 13.3. The molecule has 0 fully saturated rings. The molecule has 0 bridgehead atoms. The van der Waals surface area contributed by atoms with E-state index in [-0.39, 0.29) is 12.5 Å². The molecule has 10 nitrogen and oxygen atoms in total. The molecule has 2 amide bonds. The van der Waals surface area contributed by atoms with Crippen molar-refractivity contribution in [3.8, 4) is 17.1 Å². The predicted molar refractivity (Wildman–Crippen MR) is 165 cm³/mol. The Morgan fingerprint density at radius 3 is 2.59 bits per heavy atom. The average Bonchev–Trinajstić information content (AvgIpc) is 3.73. The Kier molecular flexibility index (Phi) is 8.71. The molecule has 0 saturated heterocycles. The van der Waals surface area contributed by atoms with Gasteiger partial charge in [-0.25, -0.2) is 4.98 Å². The third kappa shape index (κ3) is 6.66. The van der Waals surface area contributed by atoms with Gasteiger partial charge >= 0.3 is 0 Å². The van der Waals surface area contributed by atoms with Gasteiger partial charge in [0.1, 0.15) is 11.8 Å². The van der Waals surface area contributed by atoms with Crippen LogP contribution in [0.1, 0.15) is 45.2 Å². The summed E-state index contributed by atoms with van der Waals surface area (Å²) in [5, 5.41) is 10.8. The number of nitrogens with one attached hydrogen (secondary N) is 2. The molecule has 3 aromatic carbocycles. The van der Waals surface area contributed by atoms with E-state index >= 15 is 0 Å². The first-order valence-electron chi connectivity index (χ1n) is 14.3. The van der Waals surface area contributed by atoms with E-state index < -0.39 is 17.9 Å². The first kappa shape index (κ1) is 29.2. The van der Waals surface area contributed by atoms with Gasteiger partial charge in [0, 0.05) is 60.4 Å². The Morgan fingerprint density at radius 2 is 1.84 bits per heavy atom. The first-order valence-corrected chi connectivity index (χ1v) is 14.6. The fraction of sp³-hybridized carbons (Fsp3) is 0.212. The minimum atomic E-state index is -0.893. The number of aromatic nitrogens is 3. The zero-order chi connectivity index (χ0) is 30.5. The molecule has 4 N–H and O–H groups in total. The second-order valence-electron chi connectivity index (χ2n) is 10.6. The number of carbonyl (C=O) groups is 2. The summed E-state index contributed by atoms with van der Waals surface area (Å²) in [6.07, 6.45) is 6.28. The third-order valence-corrected chi connectivity index (χ3v) is 7.93. The van der Waals surface area contributed by atoms with Crippen molar-refractivity contribution in [1.82, 2.24) is 25.3 Å². The number of benzene rings is 3. The van der Waals surface area contributed by atoms with Crippen molar-refractivity contribution in [2.75, 3.05) is 6.61 Å². The number of halogens is 1. The summed E-state index contributed by atoms with van der Waals surface area (Å²) in [5.74, 6) is 0.185. The molecule has 0 spiro atoms. The number of nitrogens with two attached hydrogens (primary N) is 1. The number of primary amides is 1. The van der Waals surface area contributed by atoms with E-state index in [0.29, 0.717) is 36.0 Å². The highest BCUT2D eigenvalue weighted by Gasteiger charge is 2.28. The minimum Gasteiger partial charge on any atom is -0.492 e. The van der Waals surface area contributed by atoms with Gasteiger partial charge in [0.05, 0.1) is 30.4 Å². The average molecular weight is 611 g/mol. The van der Waals surface area contributed by atoms with Crippen molar-refractivity contribution in [3.63, 3.8) is 0 Å². The molecule has 3 heterocycles. The maximum absolute atomic E-state index is 13.4. The number of hydrogen-bond acceptors (Lipinski definition) is 7. The van der Waals surface area contributed by atoms with Crippen LogP contribution in [0.5, 0.6) is 5.75 Å². The Balaban J connectivity index is 1.12. The largest absolute Gasteiger partial charge is 0.492 e. The Bertz CT molecular complexity index is 1740. The van der Waals surface area contributed by atoms with E-state index in [1.807, 2.05) is 42.9 Å². The van der Waals surface area contributed by atoms with Crippen molar-refractivity contribution in [2.45, 2.75) is 38.0 Å². The SMILES string of the molecule is NC(=O)[C@H](Cc1ccc(Cl)cc1)NC(=O)c1cccc2c1OCCC2NCc1cncn1Cc1ccc(-c2ccno2)cc1. The van der Waals surface area contributed by atoms with E-state index in [4.69, 9.17) is 26.6 Å². The quantitative estimate of drug-likeness (QED) is 0.197. The Labute approximate surface area is 259 Å². The molecular formula is C33H31ClN6O4. The van der Waals surface area contributed by atoms with Crippen LogP contribution in [0.2, 0.25) is 5.02 Å². The van der Waals surface area contributed by atoms with Crippen LogP contribution in [0.15, 0.2) is 96.0 Å². The van der Waals surface area contributed by atoms with Crippen LogP contribution in [0.4, 0.5) is 0 Å². The maximum atomic E-state index is 13.4. The topological polar surface area (TPSA) is 137 Å². The zero-order valence-electron chi connectivity index (χ0n) is 23.8. The van der Waals surface area contributed by atoms with Gasteiger partial charge < -0.3 is 30.2 Å². The highest BCUT2D eigenvalue weighted by molar-refractivity contribution is 6.30. The summed E-state index contributed by atoms with van der Waals surface area (Å²) >= 11 is 5.98. The van der Waals surface area contributed by atoms with Gasteiger partial charge in [-0.3, -0.25) is 9.59 Å². The molecule has 5 aromatic rings. The van der Waals surface area contributed by atoms with Crippen LogP contribution in [-0.4, -0.2) is 39.2 Å². The fourth-order valence-electron chi connectivity index (χ4n) is 5.33. The van der Waals surface area contributed by atoms with Gasteiger partial charge in [0.2, 0.25) is 5.91 Å². The minimum absolute atomic E-state index is 0.0444. The molecule has 0 saturated carbocycles. The molecule has 0 aliphatic carbocycles. The number of carbonyl (C=O) groups excluding carboxylic acids is 2. The number of hydrogen-bond donors (Lipinski definition) is 3. The van der Waals surface area contributed by atoms with Crippen LogP contribution in [0, 0.1) is 0 Å². The fourth-order valence-corrected chi connectivity index (χ4v) is 5.46. The number of rotatable bonds is 11. The van der Waals surface area contributed by atoms with Crippen molar-refractivity contribution in [3.05, 3.63) is 124 Å². The van der Waals surface area contributed by atoms with Crippen molar-refractivity contribution in [2.24, 2.45) is 5.73 Å². The highest BCUT2D eigenvalue weighted by Crippen LogP contribution is 2.35. The molecule has 0 radical (unpaired) electrons. The third-order valence-electron chi connectivity index (χ3n) is 7.68. The lowest BCUT2D eigenvalue weighted by Crippen LogP contribution is -2.46. The highest BCUT2D eigenvalue weighted by atomic mass is 35.5. The van der Waals surface area contributed by atoms with E-state index in [2.05, 4.69) is 37.5 Å². The van der Waals surface area contributed by atoms with Crippen LogP contribution in [0.25, 0.3) is 11.3 Å². The summed E-state index contributed by atoms with van der Waals surface area (Å²) in [6.45, 7) is 1.68. The number of para-hydroxylation sites is 1. The summed E-state index contributed by atoms with van der Waals surface area (Å²) in [7, 11) is 0. The summed E-state index contributed by atoms with van der Waals surface area (Å²) in [5.41, 5.74) is 10.8. The van der Waals surface area contributed by atoms with Gasteiger partial charge in [0.25, 0.3) is 5.91 Å². The Hall–Kier alpha value is -4.93. The molecule has 1 unspecified atom stereocenters. The number of ether oxygens (including phenoxy) is 1. The number of amides is 2. The molecule has 6 rings (SSSR count). The second kappa shape index (κ2) is 13.2. The lowest BCUT2D eigenvalue weighted by atomic mass is 9.96. The lowest BCUT2D eigenvalue weighted by molar-refractivity contribution is -0.119. The van der Waals surface area contributed by atoms with Gasteiger partial charge in [-0.1, -0.05) is 65.3 Å². The van der Waals surface area contributed by atoms with E-state index in [0.717, 1.165) is 40.1 Å². The smallest absolute Gasteiger partial charge is 0.255 e. The van der Waals surface area contributed by atoms with Crippen LogP contribution in [0.3, 0.4) is 0 Å². The molecule has 2 atom stereocenters. The monoisotopic (exact) mass is 610 g/mol. The van der Waals surface area contributed by atoms with Crippen LogP contribution >= 0.6 is 11.6 Å². The maximum Gasteiger partial charge on any atom is 0.255 e. The molecule has 11 heteroatoms. The van der Waals surface area contributed by atoms with Crippen LogP contribution in [-0.2, 0) is 24.3 Å². The zero-order valence-corrected chi connectivity index (χ0v) is 24.5. The van der Waals surface area contributed by atoms with Gasteiger partial charge in [-0.15, -0.1) is 0 Å². The summed E-state index contributed by atoms with van der Waals surface area (Å²) in [4.78, 5) is 30.0. The normalized spacial score (nSPS) is 14.8. The lowest BCUT2D eigenvalue weighted by Gasteiger charge is -2.28. The molecule has 1 aliphatic rings. The molecule has 1 aliphatic heterocycles. The van der Waals surface area contributed by atoms with Gasteiger partial charge in [-0.05, 0) is 29.3 Å². The predicted octanol–water partition coefficient (Wildman–Crippen LogP) is 4.68. The number of imidazole rings is 1. The molecular weight excluding hydrogens is 580 g/mol. The van der Waals surface area contributed by atoms with Crippen LogP contribution < -0.4 is 21.1 Å². The van der Waals surface area contributed by atoms with Gasteiger partial charge in [-0.2, -0.15) is 0 Å². The molecule has 2 aromatic heterocycles. The Morgan fingerprint density at radius 1 is 1.05 bits per heavy atom. The van der Waals surface area contributed by atoms with Crippen molar-refractivity contribution < 1.29 is 18.8 Å². The number of nitrogens with zero attached hydrogens (tertiary/aromatic N) is 3. The van der Waals surface area contributed by atoms with Crippen molar-refractivity contribution >= 4 is 23.4 Å². The number of fused-ring (bicyclic) bond motifs is 1. The molecule has 224 valence electrons.